The number of nitrogens with one attached hydrogen (secondary N) is 1. The fraction of sp³-hybridized carbons (Fsp3) is 0.160. The Labute approximate surface area is 191 Å². The summed E-state index contributed by atoms with van der Waals surface area (Å²) in [7, 11) is 1.64. The standard InChI is InChI=1S/C25H24N4O2S/c1-3-18-12-14-20(15-13-18)26-23(30)17-32-25-28-27-24(19-8-7-11-22(16-19)31-2)29(25)21-9-5-4-6-10-21/h4-16H,3,17H2,1-2H3,(H,26,30). The van der Waals surface area contributed by atoms with Gasteiger partial charge < -0.3 is 10.1 Å². The molecule has 3 aromatic carbocycles. The van der Waals surface area contributed by atoms with Gasteiger partial charge >= 0.3 is 0 Å². The topological polar surface area (TPSA) is 69.0 Å². The molecule has 1 aromatic heterocycles. The maximum absolute atomic E-state index is 12.5. The molecule has 32 heavy (non-hydrogen) atoms. The number of ether oxygens (including phenoxy) is 1. The van der Waals surface area contributed by atoms with E-state index in [1.807, 2.05) is 83.4 Å². The molecule has 0 radical (unpaired) electrons. The van der Waals surface area contributed by atoms with Crippen molar-refractivity contribution in [3.8, 4) is 22.8 Å². The molecule has 162 valence electrons. The molecule has 6 nitrogen and oxygen atoms in total. The maximum Gasteiger partial charge on any atom is 0.234 e. The van der Waals surface area contributed by atoms with Crippen molar-refractivity contribution in [2.45, 2.75) is 18.5 Å². The molecule has 0 aliphatic carbocycles. The quantitative estimate of drug-likeness (QED) is 0.377. The molecular formula is C25H24N4O2S. The summed E-state index contributed by atoms with van der Waals surface area (Å²) >= 11 is 1.35. The van der Waals surface area contributed by atoms with Crippen LogP contribution < -0.4 is 10.1 Å². The van der Waals surface area contributed by atoms with E-state index in [0.717, 1.165) is 29.1 Å². The van der Waals surface area contributed by atoms with Gasteiger partial charge in [0.25, 0.3) is 0 Å². The van der Waals surface area contributed by atoms with E-state index in [2.05, 4.69) is 22.4 Å². The molecule has 1 heterocycles. The molecule has 0 bridgehead atoms. The van der Waals surface area contributed by atoms with E-state index in [4.69, 9.17) is 4.74 Å². The molecule has 0 spiro atoms. The van der Waals surface area contributed by atoms with Crippen LogP contribution in [0, 0.1) is 0 Å². The van der Waals surface area contributed by atoms with Crippen molar-refractivity contribution in [2.75, 3.05) is 18.2 Å². The summed E-state index contributed by atoms with van der Waals surface area (Å²) < 4.78 is 7.32. The van der Waals surface area contributed by atoms with Crippen LogP contribution in [-0.4, -0.2) is 33.5 Å². The molecule has 1 N–H and O–H groups in total. The first-order valence-corrected chi connectivity index (χ1v) is 11.3. The fourth-order valence-electron chi connectivity index (χ4n) is 3.27. The number of methoxy groups -OCH3 is 1. The normalized spacial score (nSPS) is 10.7. The second kappa shape index (κ2) is 10.2. The molecule has 4 aromatic rings. The minimum atomic E-state index is -0.0928. The van der Waals surface area contributed by atoms with E-state index in [1.165, 1.54) is 17.3 Å². The highest BCUT2D eigenvalue weighted by Crippen LogP contribution is 2.29. The predicted molar refractivity (Wildman–Crippen MR) is 129 cm³/mol. The van der Waals surface area contributed by atoms with Gasteiger partial charge in [-0.25, -0.2) is 0 Å². The largest absolute Gasteiger partial charge is 0.497 e. The van der Waals surface area contributed by atoms with Crippen molar-refractivity contribution in [3.63, 3.8) is 0 Å². The van der Waals surface area contributed by atoms with Crippen LogP contribution in [0.25, 0.3) is 17.1 Å². The van der Waals surface area contributed by atoms with Gasteiger partial charge in [0, 0.05) is 16.9 Å². The minimum Gasteiger partial charge on any atom is -0.497 e. The van der Waals surface area contributed by atoms with E-state index < -0.39 is 0 Å². The molecule has 7 heteroatoms. The van der Waals surface area contributed by atoms with Crippen LogP contribution >= 0.6 is 11.8 Å². The fourth-order valence-corrected chi connectivity index (χ4v) is 4.03. The van der Waals surface area contributed by atoms with Gasteiger partial charge in [-0.2, -0.15) is 0 Å². The van der Waals surface area contributed by atoms with E-state index in [0.29, 0.717) is 11.0 Å². The Hall–Kier alpha value is -3.58. The molecule has 0 fully saturated rings. The SMILES string of the molecule is CCc1ccc(NC(=O)CSc2nnc(-c3cccc(OC)c3)n2-c2ccccc2)cc1. The molecule has 1 amide bonds. The van der Waals surface area contributed by atoms with Crippen LogP contribution in [0.15, 0.2) is 84.0 Å². The van der Waals surface area contributed by atoms with E-state index >= 15 is 0 Å². The Balaban J connectivity index is 1.56. The lowest BCUT2D eigenvalue weighted by Crippen LogP contribution is -2.14. The first-order chi connectivity index (χ1) is 15.7. The van der Waals surface area contributed by atoms with Crippen molar-refractivity contribution in [3.05, 3.63) is 84.4 Å². The number of aromatic nitrogens is 3. The summed E-state index contributed by atoms with van der Waals surface area (Å²) in [6.07, 6.45) is 0.967. The highest BCUT2D eigenvalue weighted by molar-refractivity contribution is 7.99. The summed E-state index contributed by atoms with van der Waals surface area (Å²) in [6, 6.07) is 25.5. The second-order valence-electron chi connectivity index (χ2n) is 7.10. The lowest BCUT2D eigenvalue weighted by Gasteiger charge is -2.11. The third-order valence-electron chi connectivity index (χ3n) is 4.95. The van der Waals surface area contributed by atoms with E-state index in [9.17, 15) is 4.79 Å². The number of carbonyl (C=O) groups is 1. The van der Waals surface area contributed by atoms with Crippen molar-refractivity contribution < 1.29 is 9.53 Å². The van der Waals surface area contributed by atoms with Crippen molar-refractivity contribution in [2.24, 2.45) is 0 Å². The van der Waals surface area contributed by atoms with Gasteiger partial charge in [0.1, 0.15) is 5.75 Å². The van der Waals surface area contributed by atoms with Crippen LogP contribution in [0.1, 0.15) is 12.5 Å². The first kappa shape index (κ1) is 21.6. The minimum absolute atomic E-state index is 0.0928. The number of benzene rings is 3. The second-order valence-corrected chi connectivity index (χ2v) is 8.04. The molecule has 0 saturated carbocycles. The van der Waals surface area contributed by atoms with Gasteiger partial charge in [-0.1, -0.05) is 61.2 Å². The number of aryl methyl sites for hydroxylation is 1. The van der Waals surface area contributed by atoms with Crippen molar-refractivity contribution in [1.82, 2.24) is 14.8 Å². The van der Waals surface area contributed by atoms with Crippen LogP contribution in [-0.2, 0) is 11.2 Å². The first-order valence-electron chi connectivity index (χ1n) is 10.3. The predicted octanol–water partition coefficient (Wildman–Crippen LogP) is 5.24. The molecule has 0 aliphatic heterocycles. The number of hydrogen-bond acceptors (Lipinski definition) is 5. The van der Waals surface area contributed by atoms with Crippen LogP contribution in [0.2, 0.25) is 0 Å². The van der Waals surface area contributed by atoms with Crippen LogP contribution in [0.5, 0.6) is 5.75 Å². The number of carbonyl (C=O) groups excluding carboxylic acids is 1. The molecule has 0 aliphatic rings. The van der Waals surface area contributed by atoms with Gasteiger partial charge in [0.2, 0.25) is 5.91 Å². The zero-order chi connectivity index (χ0) is 22.3. The molecular weight excluding hydrogens is 420 g/mol. The maximum atomic E-state index is 12.5. The van der Waals surface area contributed by atoms with Gasteiger partial charge in [-0.15, -0.1) is 10.2 Å². The number of nitrogens with zero attached hydrogens (tertiary/aromatic N) is 3. The Morgan fingerprint density at radius 2 is 1.78 bits per heavy atom. The molecule has 0 unspecified atom stereocenters. The van der Waals surface area contributed by atoms with Crippen LogP contribution in [0.3, 0.4) is 0 Å². The molecule has 0 atom stereocenters. The summed E-state index contributed by atoms with van der Waals surface area (Å²) in [5.74, 6) is 1.56. The number of hydrogen-bond donors (Lipinski definition) is 1. The summed E-state index contributed by atoms with van der Waals surface area (Å²) in [5, 5.41) is 12.4. The molecule has 0 saturated heterocycles. The zero-order valence-electron chi connectivity index (χ0n) is 18.0. The number of anilines is 1. The number of para-hydroxylation sites is 1. The number of amides is 1. The lowest BCUT2D eigenvalue weighted by molar-refractivity contribution is -0.113. The Morgan fingerprint density at radius 1 is 1.00 bits per heavy atom. The van der Waals surface area contributed by atoms with E-state index in [-0.39, 0.29) is 11.7 Å². The van der Waals surface area contributed by atoms with Gasteiger partial charge in [0.05, 0.1) is 12.9 Å². The smallest absolute Gasteiger partial charge is 0.234 e. The van der Waals surface area contributed by atoms with Gasteiger partial charge in [-0.3, -0.25) is 9.36 Å². The Kier molecular flexibility index (Phi) is 6.87. The van der Waals surface area contributed by atoms with Crippen molar-refractivity contribution >= 4 is 23.4 Å². The lowest BCUT2D eigenvalue weighted by atomic mass is 10.1. The average Bonchev–Trinajstić information content (AvgIpc) is 3.28. The third-order valence-corrected chi connectivity index (χ3v) is 5.88. The monoisotopic (exact) mass is 444 g/mol. The van der Waals surface area contributed by atoms with Gasteiger partial charge in [0.15, 0.2) is 11.0 Å². The summed E-state index contributed by atoms with van der Waals surface area (Å²) in [5.41, 5.74) is 3.83. The molecule has 4 rings (SSSR count). The third kappa shape index (κ3) is 5.00. The van der Waals surface area contributed by atoms with E-state index in [1.54, 1.807) is 7.11 Å². The van der Waals surface area contributed by atoms with Gasteiger partial charge in [-0.05, 0) is 48.4 Å². The average molecular weight is 445 g/mol. The summed E-state index contributed by atoms with van der Waals surface area (Å²) in [4.78, 5) is 12.5. The number of rotatable bonds is 8. The van der Waals surface area contributed by atoms with Crippen LogP contribution in [0.4, 0.5) is 5.69 Å². The number of thioether (sulfide) groups is 1. The highest BCUT2D eigenvalue weighted by Gasteiger charge is 2.17. The van der Waals surface area contributed by atoms with Crippen molar-refractivity contribution in [1.29, 1.82) is 0 Å². The zero-order valence-corrected chi connectivity index (χ0v) is 18.8. The Morgan fingerprint density at radius 3 is 2.50 bits per heavy atom. The Bertz CT molecular complexity index is 1190. The highest BCUT2D eigenvalue weighted by atomic mass is 32.2. The summed E-state index contributed by atoms with van der Waals surface area (Å²) in [6.45, 7) is 2.10.